The van der Waals surface area contributed by atoms with E-state index in [0.29, 0.717) is 34.9 Å². The van der Waals surface area contributed by atoms with Gasteiger partial charge in [-0.2, -0.15) is 0 Å². The van der Waals surface area contributed by atoms with Crippen molar-refractivity contribution < 1.29 is 33.8 Å². The summed E-state index contributed by atoms with van der Waals surface area (Å²) in [6, 6.07) is 7.83. The number of morpholine rings is 1. The van der Waals surface area contributed by atoms with E-state index in [9.17, 15) is 14.7 Å². The molecule has 9 heteroatoms. The Morgan fingerprint density at radius 2 is 2.03 bits per heavy atom. The zero-order chi connectivity index (χ0) is 23.4. The summed E-state index contributed by atoms with van der Waals surface area (Å²) in [6.45, 7) is 4.55. The van der Waals surface area contributed by atoms with Gasteiger partial charge in [-0.05, 0) is 29.3 Å². The van der Waals surface area contributed by atoms with Gasteiger partial charge in [-0.1, -0.05) is 6.07 Å². The molecule has 1 aromatic heterocycles. The molecule has 0 saturated carbocycles. The van der Waals surface area contributed by atoms with E-state index in [0.717, 1.165) is 32.8 Å². The first-order valence-electron chi connectivity index (χ1n) is 11.0. The van der Waals surface area contributed by atoms with Crippen molar-refractivity contribution in [2.75, 3.05) is 53.6 Å². The maximum Gasteiger partial charge on any atom is 0.239 e. The molecule has 1 saturated heterocycles. The van der Waals surface area contributed by atoms with Crippen LogP contribution < -0.4 is 19.5 Å². The molecular weight excluding hydrogens is 444 g/mol. The van der Waals surface area contributed by atoms with Gasteiger partial charge in [0.25, 0.3) is 0 Å². The molecule has 0 aliphatic carbocycles. The van der Waals surface area contributed by atoms with Crippen molar-refractivity contribution in [2.24, 2.45) is 0 Å². The molecule has 2 aliphatic rings. The molecule has 1 atom stereocenters. The number of methoxy groups -OCH3 is 2. The third-order valence-electron chi connectivity index (χ3n) is 6.14. The molecule has 0 bridgehead atoms. The van der Waals surface area contributed by atoms with Gasteiger partial charge in [-0.15, -0.1) is 11.3 Å². The van der Waals surface area contributed by atoms with Crippen molar-refractivity contribution in [1.82, 2.24) is 4.90 Å². The number of quaternary nitrogens is 1. The minimum absolute atomic E-state index is 0.0235. The van der Waals surface area contributed by atoms with Crippen molar-refractivity contribution in [3.05, 3.63) is 57.5 Å². The lowest BCUT2D eigenvalue weighted by molar-refractivity contribution is -0.908. The van der Waals surface area contributed by atoms with Crippen LogP contribution in [0.3, 0.4) is 0 Å². The standard InChI is InChI=1S/C24H28N2O6S/c1-30-16-6-7-17(18(15-16)31-2)21-20(22(27)19-5-3-14-33-19)23(28)24(29)26(21)9-4-8-25-10-12-32-13-11-25/h3,5-7,14-15,21,28H,4,8-13H2,1-2H3. The Morgan fingerprint density at radius 1 is 1.24 bits per heavy atom. The van der Waals surface area contributed by atoms with Gasteiger partial charge < -0.3 is 29.1 Å². The zero-order valence-electron chi connectivity index (χ0n) is 18.8. The maximum absolute atomic E-state index is 13.3. The Morgan fingerprint density at radius 3 is 2.70 bits per heavy atom. The van der Waals surface area contributed by atoms with Crippen molar-refractivity contribution in [1.29, 1.82) is 0 Å². The molecule has 1 aromatic carbocycles. The lowest BCUT2D eigenvalue weighted by Gasteiger charge is -2.30. The molecule has 1 N–H and O–H groups in total. The van der Waals surface area contributed by atoms with Crippen molar-refractivity contribution in [3.63, 3.8) is 0 Å². The molecule has 2 aromatic rings. The highest BCUT2D eigenvalue weighted by atomic mass is 32.1. The molecule has 33 heavy (non-hydrogen) atoms. The Labute approximate surface area is 197 Å². The molecule has 2 aliphatic heterocycles. The number of carbonyl (C=O) groups excluding carboxylic acids is 2. The minimum atomic E-state index is -0.805. The minimum Gasteiger partial charge on any atom is -0.868 e. The number of ketones is 1. The summed E-state index contributed by atoms with van der Waals surface area (Å²) in [4.78, 5) is 29.8. The third-order valence-corrected chi connectivity index (χ3v) is 7.01. The van der Waals surface area contributed by atoms with E-state index in [4.69, 9.17) is 14.2 Å². The molecule has 8 nitrogen and oxygen atoms in total. The van der Waals surface area contributed by atoms with E-state index in [1.165, 1.54) is 28.2 Å². The Balaban J connectivity index is 1.67. The Kier molecular flexibility index (Phi) is 7.32. The third kappa shape index (κ3) is 4.75. The van der Waals surface area contributed by atoms with Crippen LogP contribution in [0.5, 0.6) is 11.5 Å². The summed E-state index contributed by atoms with van der Waals surface area (Å²) >= 11 is 1.25. The van der Waals surface area contributed by atoms with E-state index in [-0.39, 0.29) is 5.57 Å². The number of amides is 1. The van der Waals surface area contributed by atoms with Gasteiger partial charge in [-0.3, -0.25) is 9.59 Å². The Hall–Kier alpha value is -2.88. The van der Waals surface area contributed by atoms with Crippen LogP contribution in [-0.2, 0) is 9.53 Å². The van der Waals surface area contributed by atoms with Crippen LogP contribution >= 0.6 is 11.3 Å². The van der Waals surface area contributed by atoms with Crippen LogP contribution in [0.2, 0.25) is 0 Å². The molecule has 1 fully saturated rings. The first kappa shape index (κ1) is 23.3. The second kappa shape index (κ2) is 10.4. The number of nitrogens with one attached hydrogen (secondary N) is 1. The van der Waals surface area contributed by atoms with E-state index in [1.807, 2.05) is 0 Å². The predicted octanol–water partition coefficient (Wildman–Crippen LogP) is 0.451. The average Bonchev–Trinajstić information content (AvgIpc) is 3.47. The quantitative estimate of drug-likeness (QED) is 0.533. The van der Waals surface area contributed by atoms with Crippen LogP contribution in [-0.4, -0.2) is 70.2 Å². The van der Waals surface area contributed by atoms with Crippen LogP contribution in [0.1, 0.15) is 27.7 Å². The second-order valence-electron chi connectivity index (χ2n) is 8.02. The van der Waals surface area contributed by atoms with Gasteiger partial charge in [0.2, 0.25) is 11.7 Å². The Bertz CT molecular complexity index is 1030. The number of nitrogens with zero attached hydrogens (tertiary/aromatic N) is 1. The molecule has 3 heterocycles. The predicted molar refractivity (Wildman–Crippen MR) is 121 cm³/mol. The first-order valence-corrected chi connectivity index (χ1v) is 11.9. The summed E-state index contributed by atoms with van der Waals surface area (Å²) in [5, 5.41) is 14.9. The molecule has 0 spiro atoms. The molecule has 4 rings (SSSR count). The lowest BCUT2D eigenvalue weighted by Crippen LogP contribution is -3.14. The fraction of sp³-hybridized carbons (Fsp3) is 0.417. The summed E-state index contributed by atoms with van der Waals surface area (Å²) in [7, 11) is 3.07. The van der Waals surface area contributed by atoms with Crippen molar-refractivity contribution in [2.45, 2.75) is 12.5 Å². The summed E-state index contributed by atoms with van der Waals surface area (Å²) < 4.78 is 16.3. The fourth-order valence-electron chi connectivity index (χ4n) is 4.42. The summed E-state index contributed by atoms with van der Waals surface area (Å²) in [6.07, 6.45) is 0.712. The number of carbonyl (C=O) groups is 2. The molecular formula is C24H28N2O6S. The first-order chi connectivity index (χ1) is 16.0. The maximum atomic E-state index is 13.3. The summed E-state index contributed by atoms with van der Waals surface area (Å²) in [5.41, 5.74) is 0.570. The molecule has 1 unspecified atom stereocenters. The van der Waals surface area contributed by atoms with E-state index in [2.05, 4.69) is 0 Å². The number of hydrogen-bond acceptors (Lipinski definition) is 7. The van der Waals surface area contributed by atoms with E-state index >= 15 is 0 Å². The number of thiophene rings is 1. The number of ether oxygens (including phenoxy) is 3. The van der Waals surface area contributed by atoms with Crippen LogP contribution in [0.15, 0.2) is 47.0 Å². The highest BCUT2D eigenvalue weighted by Gasteiger charge is 2.41. The van der Waals surface area contributed by atoms with Gasteiger partial charge in [-0.25, -0.2) is 0 Å². The van der Waals surface area contributed by atoms with Gasteiger partial charge in [0.15, 0.2) is 0 Å². The van der Waals surface area contributed by atoms with Gasteiger partial charge in [0, 0.05) is 30.2 Å². The van der Waals surface area contributed by atoms with E-state index < -0.39 is 23.5 Å². The SMILES string of the molecule is COc1ccc(C2C(C(=O)c3cccs3)=C([O-])C(=O)N2CCC[NH+]2CCOCC2)c(OC)c1. The number of benzene rings is 1. The number of Topliss-reactive ketones (excluding diaryl/α,β-unsaturated/α-hetero) is 1. The monoisotopic (exact) mass is 472 g/mol. The molecule has 176 valence electrons. The normalized spacial score (nSPS) is 19.3. The highest BCUT2D eigenvalue weighted by Crippen LogP contribution is 2.43. The van der Waals surface area contributed by atoms with Crippen molar-refractivity contribution in [3.8, 4) is 11.5 Å². The van der Waals surface area contributed by atoms with Gasteiger partial charge in [0.1, 0.15) is 24.6 Å². The molecule has 1 amide bonds. The molecule has 0 radical (unpaired) electrons. The van der Waals surface area contributed by atoms with E-state index in [1.54, 1.807) is 42.8 Å². The number of hydrogen-bond donors (Lipinski definition) is 1. The van der Waals surface area contributed by atoms with Crippen molar-refractivity contribution >= 4 is 23.0 Å². The van der Waals surface area contributed by atoms with Crippen LogP contribution in [0.4, 0.5) is 0 Å². The van der Waals surface area contributed by atoms with Gasteiger partial charge in [0.05, 0.1) is 44.9 Å². The largest absolute Gasteiger partial charge is 0.868 e. The van der Waals surface area contributed by atoms with Crippen LogP contribution in [0, 0.1) is 0 Å². The smallest absolute Gasteiger partial charge is 0.239 e. The second-order valence-corrected chi connectivity index (χ2v) is 8.97. The topological polar surface area (TPSA) is 92.6 Å². The van der Waals surface area contributed by atoms with Crippen LogP contribution in [0.25, 0.3) is 0 Å². The summed E-state index contributed by atoms with van der Waals surface area (Å²) in [5.74, 6) is -0.751. The fourth-order valence-corrected chi connectivity index (χ4v) is 5.10. The lowest BCUT2D eigenvalue weighted by atomic mass is 9.94. The highest BCUT2D eigenvalue weighted by molar-refractivity contribution is 7.12. The number of rotatable bonds is 9. The zero-order valence-corrected chi connectivity index (χ0v) is 19.6. The van der Waals surface area contributed by atoms with Gasteiger partial charge >= 0.3 is 0 Å². The average molecular weight is 473 g/mol.